The number of benzene rings is 1. The molecule has 2 rings (SSSR count). The maximum absolute atomic E-state index is 12.7. The lowest BCUT2D eigenvalue weighted by atomic mass is 10.1. The van der Waals surface area contributed by atoms with Crippen LogP contribution in [0, 0.1) is 0 Å². The summed E-state index contributed by atoms with van der Waals surface area (Å²) in [6.45, 7) is 0.461. The van der Waals surface area contributed by atoms with Crippen LogP contribution < -0.4 is 9.47 Å². The molecule has 0 saturated carbocycles. The Hall–Kier alpha value is -1.08. The first kappa shape index (κ1) is 13.4. The summed E-state index contributed by atoms with van der Waals surface area (Å²) in [6, 6.07) is 2.21. The maximum atomic E-state index is 12.7. The van der Waals surface area contributed by atoms with E-state index in [9.17, 15) is 17.2 Å². The Labute approximate surface area is 107 Å². The Balaban J connectivity index is 2.51. The monoisotopic (exact) mass is 298 g/mol. The molecular formula is C10H9ClF2O4S. The lowest BCUT2D eigenvalue weighted by molar-refractivity contribution is 0.146. The summed E-state index contributed by atoms with van der Waals surface area (Å²) in [4.78, 5) is 0. The van der Waals surface area contributed by atoms with Crippen LogP contribution in [0.5, 0.6) is 11.5 Å². The minimum atomic E-state index is -3.86. The highest BCUT2D eigenvalue weighted by molar-refractivity contribution is 8.13. The molecule has 0 unspecified atom stereocenters. The van der Waals surface area contributed by atoms with Crippen LogP contribution in [0.1, 0.15) is 17.6 Å². The van der Waals surface area contributed by atoms with Crippen molar-refractivity contribution in [2.45, 2.75) is 12.2 Å². The number of hydrogen-bond acceptors (Lipinski definition) is 4. The number of halogens is 3. The average molecular weight is 299 g/mol. The summed E-state index contributed by atoms with van der Waals surface area (Å²) in [6.07, 6.45) is -2.72. The Morgan fingerprint density at radius 2 is 1.94 bits per heavy atom. The van der Waals surface area contributed by atoms with Gasteiger partial charge in [0.2, 0.25) is 9.05 Å². The number of fused-ring (bicyclic) bond motifs is 1. The van der Waals surface area contributed by atoms with Crippen LogP contribution in [0.2, 0.25) is 0 Å². The third-order valence-corrected chi connectivity index (χ3v) is 3.30. The van der Waals surface area contributed by atoms with Gasteiger partial charge in [-0.1, -0.05) is 0 Å². The molecule has 1 aliphatic rings. The third-order valence-electron chi connectivity index (χ3n) is 2.32. The first-order chi connectivity index (χ1) is 8.37. The van der Waals surface area contributed by atoms with Crippen LogP contribution in [-0.4, -0.2) is 21.6 Å². The SMILES string of the molecule is O=S(=O)(Cl)Cc1cc(C(F)F)cc2c1OCCO2. The fourth-order valence-electron chi connectivity index (χ4n) is 1.67. The molecule has 18 heavy (non-hydrogen) atoms. The molecule has 0 spiro atoms. The highest BCUT2D eigenvalue weighted by Gasteiger charge is 2.23. The molecule has 4 nitrogen and oxygen atoms in total. The van der Waals surface area contributed by atoms with Gasteiger partial charge in [0, 0.05) is 21.8 Å². The second-order valence-electron chi connectivity index (χ2n) is 3.69. The molecule has 0 atom stereocenters. The summed E-state index contributed by atoms with van der Waals surface area (Å²) in [5.74, 6) is -0.301. The highest BCUT2D eigenvalue weighted by atomic mass is 35.7. The van der Waals surface area contributed by atoms with Crippen LogP contribution in [0.4, 0.5) is 8.78 Å². The Morgan fingerprint density at radius 1 is 1.28 bits per heavy atom. The van der Waals surface area contributed by atoms with Crippen LogP contribution in [0.15, 0.2) is 12.1 Å². The second-order valence-corrected chi connectivity index (χ2v) is 6.47. The van der Waals surface area contributed by atoms with Gasteiger partial charge in [-0.25, -0.2) is 17.2 Å². The van der Waals surface area contributed by atoms with Crippen LogP contribution in [0.25, 0.3) is 0 Å². The number of alkyl halides is 2. The normalized spacial score (nSPS) is 14.9. The van der Waals surface area contributed by atoms with Crippen LogP contribution in [0.3, 0.4) is 0 Å². The molecule has 0 bridgehead atoms. The van der Waals surface area contributed by atoms with Gasteiger partial charge in [-0.2, -0.15) is 0 Å². The van der Waals surface area contributed by atoms with Gasteiger partial charge in [-0.3, -0.25) is 0 Å². The van der Waals surface area contributed by atoms with E-state index in [2.05, 4.69) is 0 Å². The van der Waals surface area contributed by atoms with Gasteiger partial charge in [0.05, 0.1) is 5.75 Å². The van der Waals surface area contributed by atoms with Crippen molar-refractivity contribution < 1.29 is 26.7 Å². The number of hydrogen-bond donors (Lipinski definition) is 0. The molecule has 1 heterocycles. The van der Waals surface area contributed by atoms with E-state index in [4.69, 9.17) is 20.2 Å². The molecule has 0 N–H and O–H groups in total. The molecular weight excluding hydrogens is 290 g/mol. The van der Waals surface area contributed by atoms with E-state index in [0.29, 0.717) is 0 Å². The first-order valence-electron chi connectivity index (χ1n) is 5.00. The molecule has 1 aromatic carbocycles. The van der Waals surface area contributed by atoms with Gasteiger partial charge in [-0.05, 0) is 12.1 Å². The van der Waals surface area contributed by atoms with Gasteiger partial charge in [0.1, 0.15) is 13.2 Å². The average Bonchev–Trinajstić information content (AvgIpc) is 2.26. The quantitative estimate of drug-likeness (QED) is 0.804. The van der Waals surface area contributed by atoms with Gasteiger partial charge in [-0.15, -0.1) is 0 Å². The Morgan fingerprint density at radius 3 is 2.56 bits per heavy atom. The Bertz CT molecular complexity index is 559. The number of ether oxygens (including phenoxy) is 2. The molecule has 1 aliphatic heterocycles. The zero-order valence-corrected chi connectivity index (χ0v) is 10.6. The lowest BCUT2D eigenvalue weighted by Gasteiger charge is -2.21. The van der Waals surface area contributed by atoms with Crippen molar-refractivity contribution in [2.75, 3.05) is 13.2 Å². The topological polar surface area (TPSA) is 52.6 Å². The number of rotatable bonds is 3. The third kappa shape index (κ3) is 3.02. The van der Waals surface area contributed by atoms with E-state index >= 15 is 0 Å². The molecule has 0 amide bonds. The molecule has 0 fully saturated rings. The summed E-state index contributed by atoms with van der Waals surface area (Å²) in [7, 11) is 1.27. The molecule has 0 saturated heterocycles. The van der Waals surface area contributed by atoms with Crippen molar-refractivity contribution in [2.24, 2.45) is 0 Å². The van der Waals surface area contributed by atoms with E-state index in [0.717, 1.165) is 12.1 Å². The standard InChI is InChI=1S/C10H9ClF2O4S/c11-18(14,15)5-7-3-6(10(12)13)4-8-9(7)17-2-1-16-8/h3-4,10H,1-2,5H2. The zero-order valence-electron chi connectivity index (χ0n) is 9.03. The van der Waals surface area contributed by atoms with E-state index in [1.807, 2.05) is 0 Å². The molecule has 100 valence electrons. The fraction of sp³-hybridized carbons (Fsp3) is 0.400. The van der Waals surface area contributed by atoms with Gasteiger partial charge < -0.3 is 9.47 Å². The highest BCUT2D eigenvalue weighted by Crippen LogP contribution is 2.38. The summed E-state index contributed by atoms with van der Waals surface area (Å²) < 4.78 is 57.9. The zero-order chi connectivity index (χ0) is 13.3. The van der Waals surface area contributed by atoms with Crippen molar-refractivity contribution >= 4 is 19.7 Å². The minimum Gasteiger partial charge on any atom is -0.486 e. The molecule has 8 heteroatoms. The fourth-order valence-corrected chi connectivity index (χ4v) is 2.61. The molecule has 0 radical (unpaired) electrons. The van der Waals surface area contributed by atoms with Crippen molar-refractivity contribution in [3.63, 3.8) is 0 Å². The predicted octanol–water partition coefficient (Wildman–Crippen LogP) is 2.46. The lowest BCUT2D eigenvalue weighted by Crippen LogP contribution is -2.17. The van der Waals surface area contributed by atoms with Crippen molar-refractivity contribution in [1.82, 2.24) is 0 Å². The van der Waals surface area contributed by atoms with Gasteiger partial charge >= 0.3 is 0 Å². The van der Waals surface area contributed by atoms with E-state index < -0.39 is 21.2 Å². The largest absolute Gasteiger partial charge is 0.486 e. The summed E-state index contributed by atoms with van der Waals surface area (Å²) in [5.41, 5.74) is -0.243. The predicted molar refractivity (Wildman–Crippen MR) is 60.9 cm³/mol. The second kappa shape index (κ2) is 4.89. The van der Waals surface area contributed by atoms with E-state index in [1.165, 1.54) is 0 Å². The molecule has 1 aromatic rings. The van der Waals surface area contributed by atoms with Crippen LogP contribution in [-0.2, 0) is 14.8 Å². The maximum Gasteiger partial charge on any atom is 0.263 e. The van der Waals surface area contributed by atoms with Gasteiger partial charge in [0.25, 0.3) is 6.43 Å². The van der Waals surface area contributed by atoms with Crippen molar-refractivity contribution in [3.8, 4) is 11.5 Å². The molecule has 0 aromatic heterocycles. The van der Waals surface area contributed by atoms with Crippen molar-refractivity contribution in [1.29, 1.82) is 0 Å². The summed E-state index contributed by atoms with van der Waals surface area (Å²) in [5, 5.41) is 0. The Kier molecular flexibility index (Phi) is 3.63. The minimum absolute atomic E-state index is 0.0810. The summed E-state index contributed by atoms with van der Waals surface area (Å²) >= 11 is 0. The first-order valence-corrected chi connectivity index (χ1v) is 7.47. The van der Waals surface area contributed by atoms with Crippen molar-refractivity contribution in [3.05, 3.63) is 23.3 Å². The van der Waals surface area contributed by atoms with Gasteiger partial charge in [0.15, 0.2) is 11.5 Å². The van der Waals surface area contributed by atoms with E-state index in [-0.39, 0.29) is 35.8 Å². The molecule has 0 aliphatic carbocycles. The van der Waals surface area contributed by atoms with Crippen LogP contribution >= 0.6 is 10.7 Å². The smallest absolute Gasteiger partial charge is 0.263 e. The van der Waals surface area contributed by atoms with E-state index in [1.54, 1.807) is 0 Å².